The molecule has 0 unspecified atom stereocenters. The Morgan fingerprint density at radius 2 is 0.824 bits per heavy atom. The fraction of sp³-hybridized carbons (Fsp3) is 1.00. The van der Waals surface area contributed by atoms with Crippen LogP contribution in [0.3, 0.4) is 0 Å². The molecule has 0 aromatic heterocycles. The summed E-state index contributed by atoms with van der Waals surface area (Å²) in [5, 5.41) is 0. The molecule has 104 valence electrons. The van der Waals surface area contributed by atoms with E-state index in [0.717, 1.165) is 17.3 Å². The fourth-order valence-corrected chi connectivity index (χ4v) is 3.25. The molecular weight excluding hydrogens is 204 g/mol. The van der Waals surface area contributed by atoms with Crippen molar-refractivity contribution in [1.29, 1.82) is 0 Å². The second-order valence-electron chi connectivity index (χ2n) is 5.87. The Balaban J connectivity index is 0.000000581. The Morgan fingerprint density at radius 1 is 0.588 bits per heavy atom. The van der Waals surface area contributed by atoms with Gasteiger partial charge in [-0.15, -0.1) is 0 Å². The van der Waals surface area contributed by atoms with E-state index in [9.17, 15) is 0 Å². The molecule has 2 aliphatic carbocycles. The highest BCUT2D eigenvalue weighted by Crippen LogP contribution is 2.49. The molecular formula is C17H36. The maximum atomic E-state index is 2.43. The van der Waals surface area contributed by atoms with Crippen molar-refractivity contribution in [3.8, 4) is 0 Å². The van der Waals surface area contributed by atoms with E-state index >= 15 is 0 Å². The van der Waals surface area contributed by atoms with E-state index in [1.807, 2.05) is 27.7 Å². The third-order valence-electron chi connectivity index (χ3n) is 4.67. The summed E-state index contributed by atoms with van der Waals surface area (Å²) in [6.07, 6.45) is 12.2. The van der Waals surface area contributed by atoms with Gasteiger partial charge in [0.2, 0.25) is 0 Å². The van der Waals surface area contributed by atoms with Gasteiger partial charge in [0, 0.05) is 0 Å². The van der Waals surface area contributed by atoms with Gasteiger partial charge in [-0.05, 0) is 42.9 Å². The predicted molar refractivity (Wildman–Crippen MR) is 80.4 cm³/mol. The minimum Gasteiger partial charge on any atom is -0.0683 e. The maximum absolute atomic E-state index is 2.43. The smallest absolute Gasteiger partial charge is 0.0297 e. The van der Waals surface area contributed by atoms with Crippen LogP contribution in [0.25, 0.3) is 0 Å². The van der Waals surface area contributed by atoms with Gasteiger partial charge in [0.25, 0.3) is 0 Å². The van der Waals surface area contributed by atoms with Crippen LogP contribution in [-0.4, -0.2) is 0 Å². The van der Waals surface area contributed by atoms with Crippen LogP contribution in [0.4, 0.5) is 0 Å². The summed E-state index contributed by atoms with van der Waals surface area (Å²) in [6.45, 7) is 12.9. The van der Waals surface area contributed by atoms with Gasteiger partial charge in [0.15, 0.2) is 0 Å². The second-order valence-corrected chi connectivity index (χ2v) is 5.87. The minimum absolute atomic E-state index is 0.818. The fourth-order valence-electron chi connectivity index (χ4n) is 3.25. The molecule has 0 atom stereocenters. The van der Waals surface area contributed by atoms with E-state index in [4.69, 9.17) is 0 Å². The van der Waals surface area contributed by atoms with Crippen LogP contribution in [0.5, 0.6) is 0 Å². The van der Waals surface area contributed by atoms with Gasteiger partial charge in [-0.2, -0.15) is 0 Å². The van der Waals surface area contributed by atoms with Crippen molar-refractivity contribution in [3.05, 3.63) is 0 Å². The molecule has 0 aromatic rings. The zero-order valence-electron chi connectivity index (χ0n) is 13.3. The Kier molecular flexibility index (Phi) is 9.00. The zero-order valence-corrected chi connectivity index (χ0v) is 13.3. The molecule has 0 heteroatoms. The molecule has 0 radical (unpaired) electrons. The van der Waals surface area contributed by atoms with Crippen molar-refractivity contribution in [2.24, 2.45) is 17.3 Å². The molecule has 0 nitrogen and oxygen atoms in total. The molecule has 0 heterocycles. The van der Waals surface area contributed by atoms with E-state index in [-0.39, 0.29) is 0 Å². The lowest BCUT2D eigenvalue weighted by atomic mass is 9.62. The van der Waals surface area contributed by atoms with Crippen molar-refractivity contribution in [2.45, 2.75) is 92.9 Å². The van der Waals surface area contributed by atoms with Gasteiger partial charge in [-0.3, -0.25) is 0 Å². The van der Waals surface area contributed by atoms with E-state index < -0.39 is 0 Å². The molecule has 2 aliphatic rings. The first kappa shape index (κ1) is 17.0. The highest BCUT2D eigenvalue weighted by atomic mass is 14.4. The first-order chi connectivity index (χ1) is 8.20. The summed E-state index contributed by atoms with van der Waals surface area (Å²) >= 11 is 0. The topological polar surface area (TPSA) is 0 Å². The molecule has 2 rings (SSSR count). The van der Waals surface area contributed by atoms with Crippen molar-refractivity contribution in [3.63, 3.8) is 0 Å². The molecule has 17 heavy (non-hydrogen) atoms. The average molecular weight is 240 g/mol. The van der Waals surface area contributed by atoms with Crippen LogP contribution in [-0.2, 0) is 0 Å². The van der Waals surface area contributed by atoms with Gasteiger partial charge >= 0.3 is 0 Å². The number of hydrogen-bond donors (Lipinski definition) is 0. The van der Waals surface area contributed by atoms with Gasteiger partial charge < -0.3 is 0 Å². The van der Waals surface area contributed by atoms with Gasteiger partial charge in [0.1, 0.15) is 0 Å². The van der Waals surface area contributed by atoms with Crippen LogP contribution in [0.2, 0.25) is 0 Å². The predicted octanol–water partition coefficient (Wildman–Crippen LogP) is 6.45. The van der Waals surface area contributed by atoms with Crippen LogP contribution in [0.15, 0.2) is 0 Å². The molecule has 0 saturated heterocycles. The van der Waals surface area contributed by atoms with Gasteiger partial charge in [-0.1, -0.05) is 67.2 Å². The molecule has 1 spiro atoms. The van der Waals surface area contributed by atoms with E-state index in [1.54, 1.807) is 25.7 Å². The Bertz CT molecular complexity index is 131. The monoisotopic (exact) mass is 240 g/mol. The summed E-state index contributed by atoms with van der Waals surface area (Å²) in [5.41, 5.74) is 0.818. The number of rotatable bonds is 0. The highest BCUT2D eigenvalue weighted by Gasteiger charge is 2.36. The highest BCUT2D eigenvalue weighted by molar-refractivity contribution is 4.88. The molecule has 0 aromatic carbocycles. The molecule has 2 saturated carbocycles. The van der Waals surface area contributed by atoms with Crippen LogP contribution in [0, 0.1) is 17.3 Å². The van der Waals surface area contributed by atoms with Gasteiger partial charge in [0.05, 0.1) is 0 Å². The number of hydrogen-bond acceptors (Lipinski definition) is 0. The van der Waals surface area contributed by atoms with Crippen LogP contribution >= 0.6 is 0 Å². The molecule has 0 aliphatic heterocycles. The van der Waals surface area contributed by atoms with Crippen molar-refractivity contribution >= 4 is 0 Å². The van der Waals surface area contributed by atoms with E-state index in [1.165, 1.54) is 25.7 Å². The quantitative estimate of drug-likeness (QED) is 0.456. The molecule has 0 amide bonds. The lowest BCUT2D eigenvalue weighted by Gasteiger charge is -2.44. The summed E-state index contributed by atoms with van der Waals surface area (Å²) in [5.74, 6) is 2.04. The third kappa shape index (κ3) is 5.44. The third-order valence-corrected chi connectivity index (χ3v) is 4.67. The Labute approximate surface area is 111 Å². The van der Waals surface area contributed by atoms with E-state index in [0.29, 0.717) is 0 Å². The lowest BCUT2D eigenvalue weighted by Crippen LogP contribution is -2.30. The first-order valence-electron chi connectivity index (χ1n) is 8.20. The zero-order chi connectivity index (χ0) is 13.3. The molecule has 0 bridgehead atoms. The maximum Gasteiger partial charge on any atom is -0.0297 e. The van der Waals surface area contributed by atoms with E-state index in [2.05, 4.69) is 13.8 Å². The van der Waals surface area contributed by atoms with Crippen molar-refractivity contribution in [1.82, 2.24) is 0 Å². The summed E-state index contributed by atoms with van der Waals surface area (Å²) in [6, 6.07) is 0. The molecule has 2 fully saturated rings. The Morgan fingerprint density at radius 3 is 1.06 bits per heavy atom. The normalized spacial score (nSPS) is 36.4. The first-order valence-corrected chi connectivity index (χ1v) is 8.20. The standard InChI is InChI=1S/C13H24.2C2H6/c1-11-3-7-13(8-4-11)9-5-12(2)6-10-13;2*1-2/h11-12H,3-10H2,1-2H3;2*1-2H3. The summed E-state index contributed by atoms with van der Waals surface area (Å²) in [7, 11) is 0. The SMILES string of the molecule is CC.CC.CC1CCC2(CC1)CCC(C)CC2. The average Bonchev–Trinajstić information content (AvgIpc) is 2.42. The van der Waals surface area contributed by atoms with Crippen LogP contribution in [0.1, 0.15) is 92.9 Å². The second kappa shape index (κ2) is 9.00. The lowest BCUT2D eigenvalue weighted by molar-refractivity contribution is 0.0833. The molecule has 0 N–H and O–H groups in total. The summed E-state index contributed by atoms with van der Waals surface area (Å²) in [4.78, 5) is 0. The van der Waals surface area contributed by atoms with Crippen molar-refractivity contribution < 1.29 is 0 Å². The summed E-state index contributed by atoms with van der Waals surface area (Å²) < 4.78 is 0. The van der Waals surface area contributed by atoms with Crippen molar-refractivity contribution in [2.75, 3.05) is 0 Å². The Hall–Kier alpha value is 0. The van der Waals surface area contributed by atoms with Crippen LogP contribution < -0.4 is 0 Å². The van der Waals surface area contributed by atoms with Gasteiger partial charge in [-0.25, -0.2) is 0 Å². The largest absolute Gasteiger partial charge is 0.0683 e. The minimum atomic E-state index is 0.818.